The van der Waals surface area contributed by atoms with Crippen LogP contribution in [0.15, 0.2) is 82.1 Å². The van der Waals surface area contributed by atoms with Crippen LogP contribution in [-0.4, -0.2) is 27.4 Å². The number of nitrogens with zero attached hydrogens (tertiary/aromatic N) is 1. The minimum atomic E-state index is -4.21. The number of carbonyl (C=O) groups is 1. The quantitative estimate of drug-likeness (QED) is 0.482. The highest BCUT2D eigenvalue weighted by molar-refractivity contribution is 7.90. The molecule has 0 radical (unpaired) electrons. The van der Waals surface area contributed by atoms with Crippen LogP contribution in [0.1, 0.15) is 17.0 Å². The number of furan rings is 1. The molecule has 2 heterocycles. The van der Waals surface area contributed by atoms with Gasteiger partial charge >= 0.3 is 5.91 Å². The molecule has 32 heavy (non-hydrogen) atoms. The van der Waals surface area contributed by atoms with Gasteiger partial charge in [0, 0.05) is 36.5 Å². The fourth-order valence-corrected chi connectivity index (χ4v) is 4.92. The molecule has 1 fully saturated rings. The van der Waals surface area contributed by atoms with E-state index >= 15 is 0 Å². The minimum absolute atomic E-state index is 0.0399. The van der Waals surface area contributed by atoms with Crippen LogP contribution in [0.25, 0.3) is 22.1 Å². The van der Waals surface area contributed by atoms with Crippen molar-refractivity contribution in [1.29, 1.82) is 0 Å². The molecule has 0 atom stereocenters. The highest BCUT2D eigenvalue weighted by Gasteiger charge is 2.25. The fraction of sp³-hybridized carbons (Fsp3) is 0.125. The summed E-state index contributed by atoms with van der Waals surface area (Å²) < 4.78 is 48.2. The molecule has 1 aliphatic rings. The molecule has 6 nitrogen and oxygen atoms in total. The largest absolute Gasteiger partial charge is 0.451 e. The molecule has 0 unspecified atom stereocenters. The standard InChI is InChI=1S/C24H19FN2O4S/c25-20-13-17(27-11-6-12-27)14-21-19(20)15-22(31-21)24(28)26-32(29,30)23-10-5-4-9-18(23)16-7-2-1-3-8-16/h1-5,7-10,13-15H,6,11-12H2,(H,26,28). The number of fused-ring (bicyclic) bond motifs is 1. The van der Waals surface area contributed by atoms with E-state index in [4.69, 9.17) is 4.42 Å². The Hall–Kier alpha value is -3.65. The summed E-state index contributed by atoms with van der Waals surface area (Å²) in [6.07, 6.45) is 1.04. The molecule has 1 aromatic heterocycles. The number of hydrogen-bond acceptors (Lipinski definition) is 5. The van der Waals surface area contributed by atoms with Crippen LogP contribution in [0.4, 0.5) is 10.1 Å². The van der Waals surface area contributed by atoms with Gasteiger partial charge in [-0.25, -0.2) is 17.5 Å². The van der Waals surface area contributed by atoms with E-state index in [1.807, 2.05) is 15.7 Å². The van der Waals surface area contributed by atoms with E-state index in [1.165, 1.54) is 18.2 Å². The zero-order chi connectivity index (χ0) is 22.3. The minimum Gasteiger partial charge on any atom is -0.451 e. The SMILES string of the molecule is O=C(NS(=O)(=O)c1ccccc1-c1ccccc1)c1cc2c(F)cc(N3CCC3)cc2o1. The topological polar surface area (TPSA) is 79.6 Å². The molecule has 8 heteroatoms. The summed E-state index contributed by atoms with van der Waals surface area (Å²) in [5.41, 5.74) is 2.03. The number of amides is 1. The van der Waals surface area contributed by atoms with E-state index in [9.17, 15) is 17.6 Å². The summed E-state index contributed by atoms with van der Waals surface area (Å²) in [6, 6.07) is 19.7. The molecule has 162 valence electrons. The molecular formula is C24H19FN2O4S. The zero-order valence-electron chi connectivity index (χ0n) is 16.9. The van der Waals surface area contributed by atoms with E-state index in [0.29, 0.717) is 16.8 Å². The van der Waals surface area contributed by atoms with Gasteiger partial charge in [0.25, 0.3) is 10.0 Å². The van der Waals surface area contributed by atoms with Crippen molar-refractivity contribution in [1.82, 2.24) is 4.72 Å². The molecule has 5 rings (SSSR count). The van der Waals surface area contributed by atoms with Crippen LogP contribution < -0.4 is 9.62 Å². The Labute approximate surface area is 184 Å². The van der Waals surface area contributed by atoms with Gasteiger partial charge in [0.1, 0.15) is 11.4 Å². The van der Waals surface area contributed by atoms with Crippen LogP contribution in [0.3, 0.4) is 0 Å². The number of rotatable bonds is 5. The summed E-state index contributed by atoms with van der Waals surface area (Å²) in [5, 5.41) is 0.126. The first-order chi connectivity index (χ1) is 15.4. The molecule has 0 aliphatic carbocycles. The second kappa shape index (κ2) is 7.80. The molecule has 0 spiro atoms. The summed E-state index contributed by atoms with van der Waals surface area (Å²) in [6.45, 7) is 1.66. The van der Waals surface area contributed by atoms with E-state index < -0.39 is 21.7 Å². The number of carbonyl (C=O) groups excluding carboxylic acids is 1. The maximum Gasteiger partial charge on any atom is 0.300 e. The van der Waals surface area contributed by atoms with Crippen LogP contribution in [0.2, 0.25) is 0 Å². The smallest absolute Gasteiger partial charge is 0.300 e. The van der Waals surface area contributed by atoms with E-state index in [0.717, 1.165) is 19.5 Å². The van der Waals surface area contributed by atoms with Crippen molar-refractivity contribution in [3.8, 4) is 11.1 Å². The van der Waals surface area contributed by atoms with Crippen molar-refractivity contribution in [2.75, 3.05) is 18.0 Å². The van der Waals surface area contributed by atoms with Gasteiger partial charge in [-0.15, -0.1) is 0 Å². The third-order valence-corrected chi connectivity index (χ3v) is 6.89. The lowest BCUT2D eigenvalue weighted by Gasteiger charge is -2.33. The molecule has 4 aromatic rings. The maximum atomic E-state index is 14.6. The first-order valence-electron chi connectivity index (χ1n) is 10.1. The maximum absolute atomic E-state index is 14.6. The van der Waals surface area contributed by atoms with E-state index in [1.54, 1.807) is 48.5 Å². The van der Waals surface area contributed by atoms with E-state index in [2.05, 4.69) is 0 Å². The van der Waals surface area contributed by atoms with E-state index in [-0.39, 0.29) is 21.6 Å². The molecule has 0 bridgehead atoms. The lowest BCUT2D eigenvalue weighted by molar-refractivity contribution is 0.0956. The molecule has 0 saturated carbocycles. The summed E-state index contributed by atoms with van der Waals surface area (Å²) in [4.78, 5) is 14.7. The first-order valence-corrected chi connectivity index (χ1v) is 11.6. The molecule has 1 amide bonds. The van der Waals surface area contributed by atoms with Gasteiger partial charge in [-0.05, 0) is 24.1 Å². The number of benzene rings is 3. The van der Waals surface area contributed by atoms with Gasteiger partial charge in [-0.1, -0.05) is 48.5 Å². The lowest BCUT2D eigenvalue weighted by Crippen LogP contribution is -2.36. The molecular weight excluding hydrogens is 431 g/mol. The van der Waals surface area contributed by atoms with Crippen LogP contribution in [-0.2, 0) is 10.0 Å². The third-order valence-electron chi connectivity index (χ3n) is 5.51. The van der Waals surface area contributed by atoms with Crippen LogP contribution in [0, 0.1) is 5.82 Å². The fourth-order valence-electron chi connectivity index (χ4n) is 3.74. The van der Waals surface area contributed by atoms with Gasteiger partial charge in [-0.3, -0.25) is 4.79 Å². The Morgan fingerprint density at radius 3 is 2.41 bits per heavy atom. The zero-order valence-corrected chi connectivity index (χ0v) is 17.7. The van der Waals surface area contributed by atoms with Gasteiger partial charge in [0.2, 0.25) is 0 Å². The Balaban J connectivity index is 1.46. The number of sulfonamides is 1. The monoisotopic (exact) mass is 450 g/mol. The Bertz CT molecular complexity index is 1430. The van der Waals surface area contributed by atoms with Crippen molar-refractivity contribution in [3.63, 3.8) is 0 Å². The third kappa shape index (κ3) is 3.62. The number of halogens is 1. The summed E-state index contributed by atoms with van der Waals surface area (Å²) >= 11 is 0. The van der Waals surface area contributed by atoms with Gasteiger partial charge in [0.05, 0.1) is 10.3 Å². The van der Waals surface area contributed by atoms with Gasteiger partial charge < -0.3 is 9.32 Å². The van der Waals surface area contributed by atoms with Gasteiger partial charge in [0.15, 0.2) is 5.76 Å². The second-order valence-corrected chi connectivity index (χ2v) is 9.24. The molecule has 3 aromatic carbocycles. The van der Waals surface area contributed by atoms with Crippen molar-refractivity contribution < 1.29 is 22.0 Å². The summed E-state index contributed by atoms with van der Waals surface area (Å²) in [5.74, 6) is -1.76. The predicted molar refractivity (Wildman–Crippen MR) is 120 cm³/mol. The Morgan fingerprint density at radius 2 is 1.69 bits per heavy atom. The molecule has 1 aliphatic heterocycles. The van der Waals surface area contributed by atoms with Crippen LogP contribution >= 0.6 is 0 Å². The van der Waals surface area contributed by atoms with Crippen molar-refractivity contribution in [2.24, 2.45) is 0 Å². The number of nitrogens with one attached hydrogen (secondary N) is 1. The average molecular weight is 450 g/mol. The molecule has 1 saturated heterocycles. The van der Waals surface area contributed by atoms with Gasteiger partial charge in [-0.2, -0.15) is 0 Å². The Kier molecular flexibility index (Phi) is 4.94. The second-order valence-electron chi connectivity index (χ2n) is 7.59. The molecule has 1 N–H and O–H groups in total. The normalized spacial score (nSPS) is 13.7. The lowest BCUT2D eigenvalue weighted by atomic mass is 10.1. The average Bonchev–Trinajstić information content (AvgIpc) is 3.18. The predicted octanol–water partition coefficient (Wildman–Crippen LogP) is 4.57. The number of anilines is 1. The van der Waals surface area contributed by atoms with Crippen molar-refractivity contribution in [3.05, 3.63) is 84.4 Å². The first kappa shape index (κ1) is 20.3. The summed E-state index contributed by atoms with van der Waals surface area (Å²) in [7, 11) is -4.21. The van der Waals surface area contributed by atoms with Crippen LogP contribution in [0.5, 0.6) is 0 Å². The number of hydrogen-bond donors (Lipinski definition) is 1. The Morgan fingerprint density at radius 1 is 0.969 bits per heavy atom. The van der Waals surface area contributed by atoms with Crippen molar-refractivity contribution >= 4 is 32.6 Å². The highest BCUT2D eigenvalue weighted by Crippen LogP contribution is 2.31. The van der Waals surface area contributed by atoms with Crippen molar-refractivity contribution in [2.45, 2.75) is 11.3 Å². The highest BCUT2D eigenvalue weighted by atomic mass is 32.2.